The molecule has 2 aromatic rings. The highest BCUT2D eigenvalue weighted by atomic mass is 16.5. The lowest BCUT2D eigenvalue weighted by Crippen LogP contribution is -2.21. The second kappa shape index (κ2) is 5.02. The minimum atomic E-state index is 1.02. The van der Waals surface area contributed by atoms with Crippen LogP contribution in [0.25, 0.3) is 0 Å². The Kier molecular flexibility index (Phi) is 3.47. The van der Waals surface area contributed by atoms with Crippen LogP contribution in [0.2, 0.25) is 0 Å². The molecule has 2 aromatic carbocycles. The summed E-state index contributed by atoms with van der Waals surface area (Å²) in [6.07, 6.45) is 0. The second-order valence-corrected chi connectivity index (χ2v) is 7.02. The molecule has 0 unspecified atom stereocenters. The first kappa shape index (κ1) is 15.9. The number of nitrogens with zero attached hydrogens (tertiary/aromatic N) is 1. The topological polar surface area (TPSA) is 12.5 Å². The van der Waals surface area contributed by atoms with Crippen LogP contribution >= 0.6 is 0 Å². The maximum atomic E-state index is 6.50. The molecule has 0 N–H and O–H groups in total. The first-order chi connectivity index (χ1) is 10.7. The van der Waals surface area contributed by atoms with Gasteiger partial charge < -0.3 is 9.64 Å². The smallest absolute Gasteiger partial charge is 0.154 e. The molecular weight excluding hydrogens is 282 g/mol. The third kappa shape index (κ3) is 1.94. The van der Waals surface area contributed by atoms with Crippen LogP contribution < -0.4 is 9.64 Å². The van der Waals surface area contributed by atoms with Gasteiger partial charge in [-0.2, -0.15) is 0 Å². The summed E-state index contributed by atoms with van der Waals surface area (Å²) < 4.78 is 6.50. The van der Waals surface area contributed by atoms with Gasteiger partial charge in [-0.1, -0.05) is 0 Å². The first-order valence-electron chi connectivity index (χ1n) is 8.30. The third-order valence-corrected chi connectivity index (χ3v) is 6.07. The van der Waals surface area contributed by atoms with E-state index in [0.717, 1.165) is 11.5 Å². The summed E-state index contributed by atoms with van der Waals surface area (Å²) in [7, 11) is 2.17. The standard InChI is InChI=1S/C21H27NO/c1-10-12(3)16(7)20-18(14(10)5)22(9)19-15(6)11(2)13(4)17(8)21(19)23-20/h1-9H3. The van der Waals surface area contributed by atoms with Crippen molar-refractivity contribution in [2.24, 2.45) is 0 Å². The summed E-state index contributed by atoms with van der Waals surface area (Å²) in [4.78, 5) is 2.33. The van der Waals surface area contributed by atoms with Gasteiger partial charge in [0.05, 0.1) is 11.4 Å². The number of ether oxygens (including phenoxy) is 1. The van der Waals surface area contributed by atoms with Crippen LogP contribution in [0.15, 0.2) is 0 Å². The maximum absolute atomic E-state index is 6.50. The molecule has 0 atom stereocenters. The van der Waals surface area contributed by atoms with Gasteiger partial charge in [-0.15, -0.1) is 0 Å². The van der Waals surface area contributed by atoms with Crippen molar-refractivity contribution in [1.82, 2.24) is 0 Å². The predicted molar refractivity (Wildman–Crippen MR) is 98.9 cm³/mol. The Morgan fingerprint density at radius 1 is 0.478 bits per heavy atom. The van der Waals surface area contributed by atoms with Crippen molar-refractivity contribution >= 4 is 11.4 Å². The van der Waals surface area contributed by atoms with Gasteiger partial charge >= 0.3 is 0 Å². The molecule has 2 nitrogen and oxygen atoms in total. The molecule has 0 spiro atoms. The molecule has 0 bridgehead atoms. The summed E-state index contributed by atoms with van der Waals surface area (Å²) in [5.74, 6) is 2.04. The van der Waals surface area contributed by atoms with E-state index in [9.17, 15) is 0 Å². The second-order valence-electron chi connectivity index (χ2n) is 7.02. The van der Waals surface area contributed by atoms with Crippen LogP contribution in [0.5, 0.6) is 11.5 Å². The van der Waals surface area contributed by atoms with Crippen molar-refractivity contribution in [3.05, 3.63) is 44.5 Å². The summed E-state index contributed by atoms with van der Waals surface area (Å²) in [5, 5.41) is 0. The molecule has 3 rings (SSSR count). The van der Waals surface area contributed by atoms with E-state index in [1.165, 1.54) is 55.9 Å². The molecule has 1 aliphatic heterocycles. The van der Waals surface area contributed by atoms with Crippen molar-refractivity contribution in [3.63, 3.8) is 0 Å². The van der Waals surface area contributed by atoms with E-state index in [1.54, 1.807) is 0 Å². The van der Waals surface area contributed by atoms with Crippen molar-refractivity contribution in [2.45, 2.75) is 55.4 Å². The molecule has 1 heterocycles. The zero-order valence-corrected chi connectivity index (χ0v) is 15.9. The third-order valence-electron chi connectivity index (χ3n) is 6.07. The fraction of sp³-hybridized carbons (Fsp3) is 0.429. The largest absolute Gasteiger partial charge is 0.452 e. The van der Waals surface area contributed by atoms with Crippen LogP contribution in [0.3, 0.4) is 0 Å². The van der Waals surface area contributed by atoms with Crippen LogP contribution in [0, 0.1) is 55.4 Å². The highest BCUT2D eigenvalue weighted by Gasteiger charge is 2.31. The Labute approximate surface area is 140 Å². The normalized spacial score (nSPS) is 12.8. The van der Waals surface area contributed by atoms with Crippen molar-refractivity contribution in [3.8, 4) is 11.5 Å². The number of fused-ring (bicyclic) bond motifs is 2. The maximum Gasteiger partial charge on any atom is 0.154 e. The lowest BCUT2D eigenvalue weighted by atomic mass is 9.91. The predicted octanol–water partition coefficient (Wildman–Crippen LogP) is 6.03. The molecule has 0 saturated heterocycles. The van der Waals surface area contributed by atoms with E-state index < -0.39 is 0 Å². The molecule has 1 aliphatic rings. The summed E-state index contributed by atoms with van der Waals surface area (Å²) in [6.45, 7) is 17.5. The Bertz CT molecular complexity index is 777. The molecule has 2 heteroatoms. The molecule has 0 saturated carbocycles. The number of hydrogen-bond donors (Lipinski definition) is 0. The Morgan fingerprint density at radius 3 is 1.13 bits per heavy atom. The van der Waals surface area contributed by atoms with E-state index in [4.69, 9.17) is 4.74 Å². The van der Waals surface area contributed by atoms with Crippen molar-refractivity contribution < 1.29 is 4.74 Å². The molecule has 0 aromatic heterocycles. The Morgan fingerprint density at radius 2 is 0.783 bits per heavy atom. The monoisotopic (exact) mass is 309 g/mol. The van der Waals surface area contributed by atoms with E-state index in [1.807, 2.05) is 0 Å². The number of rotatable bonds is 0. The molecule has 0 amide bonds. The van der Waals surface area contributed by atoms with Crippen molar-refractivity contribution in [2.75, 3.05) is 11.9 Å². The zero-order chi connectivity index (χ0) is 17.2. The fourth-order valence-corrected chi connectivity index (χ4v) is 3.79. The van der Waals surface area contributed by atoms with Gasteiger partial charge in [0.1, 0.15) is 0 Å². The molecule has 0 aliphatic carbocycles. The highest BCUT2D eigenvalue weighted by molar-refractivity contribution is 5.86. The molecule has 23 heavy (non-hydrogen) atoms. The molecular formula is C21H27NO. The number of benzene rings is 2. The lowest BCUT2D eigenvalue weighted by molar-refractivity contribution is 0.465. The van der Waals surface area contributed by atoms with Gasteiger partial charge in [-0.3, -0.25) is 0 Å². The van der Waals surface area contributed by atoms with Crippen LogP contribution in [-0.4, -0.2) is 7.05 Å². The Hall–Kier alpha value is -1.96. The molecule has 122 valence electrons. The molecule has 0 radical (unpaired) electrons. The van der Waals surface area contributed by atoms with E-state index >= 15 is 0 Å². The van der Waals surface area contributed by atoms with Gasteiger partial charge in [0.2, 0.25) is 0 Å². The van der Waals surface area contributed by atoms with Gasteiger partial charge in [-0.25, -0.2) is 0 Å². The highest BCUT2D eigenvalue weighted by Crippen LogP contribution is 2.53. The number of hydrogen-bond acceptors (Lipinski definition) is 2. The molecule has 0 fully saturated rings. The minimum absolute atomic E-state index is 1.02. The van der Waals surface area contributed by atoms with Gasteiger partial charge in [-0.05, 0) is 99.9 Å². The first-order valence-corrected chi connectivity index (χ1v) is 8.30. The van der Waals surface area contributed by atoms with Crippen molar-refractivity contribution in [1.29, 1.82) is 0 Å². The summed E-state index contributed by atoms with van der Waals surface area (Å²) in [6, 6.07) is 0. The lowest BCUT2D eigenvalue weighted by Gasteiger charge is -2.36. The van der Waals surface area contributed by atoms with Gasteiger partial charge in [0.15, 0.2) is 11.5 Å². The van der Waals surface area contributed by atoms with Crippen LogP contribution in [0.1, 0.15) is 44.5 Å². The van der Waals surface area contributed by atoms with Gasteiger partial charge in [0, 0.05) is 7.05 Å². The van der Waals surface area contributed by atoms with Crippen LogP contribution in [-0.2, 0) is 0 Å². The number of anilines is 2. The van der Waals surface area contributed by atoms with E-state index in [2.05, 4.69) is 67.3 Å². The van der Waals surface area contributed by atoms with Gasteiger partial charge in [0.25, 0.3) is 0 Å². The Balaban J connectivity index is 2.40. The zero-order valence-electron chi connectivity index (χ0n) is 15.9. The fourth-order valence-electron chi connectivity index (χ4n) is 3.79. The summed E-state index contributed by atoms with van der Waals surface area (Å²) in [5.41, 5.74) is 12.9. The minimum Gasteiger partial charge on any atom is -0.452 e. The SMILES string of the molecule is Cc1c(C)c(C)c2c(c1C)Oc1c(C)c(C)c(C)c(C)c1N2C. The average molecular weight is 309 g/mol. The van der Waals surface area contributed by atoms with E-state index in [-0.39, 0.29) is 0 Å². The van der Waals surface area contributed by atoms with E-state index in [0.29, 0.717) is 0 Å². The van der Waals surface area contributed by atoms with Crippen LogP contribution in [0.4, 0.5) is 11.4 Å². The summed E-state index contributed by atoms with van der Waals surface area (Å²) >= 11 is 0. The quantitative estimate of drug-likeness (QED) is 0.589. The average Bonchev–Trinajstić information content (AvgIpc) is 2.53.